The van der Waals surface area contributed by atoms with Crippen molar-refractivity contribution in [3.63, 3.8) is 0 Å². The first-order chi connectivity index (χ1) is 11.5. The van der Waals surface area contributed by atoms with Crippen molar-refractivity contribution in [3.05, 3.63) is 45.5 Å². The van der Waals surface area contributed by atoms with Gasteiger partial charge in [-0.1, -0.05) is 6.07 Å². The predicted octanol–water partition coefficient (Wildman–Crippen LogP) is 3.01. The largest absolute Gasteiger partial charge is 0.343 e. The van der Waals surface area contributed by atoms with Crippen LogP contribution in [0.2, 0.25) is 0 Å². The highest BCUT2D eigenvalue weighted by Gasteiger charge is 2.16. The molecule has 2 aromatic rings. The first-order valence-corrected chi connectivity index (χ1v) is 8.98. The SMILES string of the molecule is Cc1ccc(C(=O)NCC(=O)Nc2nc3c(s2)CCCC3)cc1C. The summed E-state index contributed by atoms with van der Waals surface area (Å²) < 4.78 is 0. The van der Waals surface area contributed by atoms with Crippen molar-refractivity contribution in [2.75, 3.05) is 11.9 Å². The molecular formula is C18H21N3O2S. The number of anilines is 1. The van der Waals surface area contributed by atoms with Gasteiger partial charge in [0.15, 0.2) is 5.13 Å². The van der Waals surface area contributed by atoms with Gasteiger partial charge in [-0.05, 0) is 62.8 Å². The second kappa shape index (κ2) is 7.13. The van der Waals surface area contributed by atoms with Gasteiger partial charge in [0.25, 0.3) is 5.91 Å². The Morgan fingerprint density at radius 3 is 2.71 bits per heavy atom. The summed E-state index contributed by atoms with van der Waals surface area (Å²) in [6, 6.07) is 5.51. The maximum Gasteiger partial charge on any atom is 0.251 e. The second-order valence-corrected chi connectivity index (χ2v) is 7.21. The van der Waals surface area contributed by atoms with Gasteiger partial charge in [-0.3, -0.25) is 9.59 Å². The molecule has 1 aromatic carbocycles. The van der Waals surface area contributed by atoms with Crippen molar-refractivity contribution in [3.8, 4) is 0 Å². The standard InChI is InChI=1S/C18H21N3O2S/c1-11-7-8-13(9-12(11)2)17(23)19-10-16(22)21-18-20-14-5-3-4-6-15(14)24-18/h7-9H,3-6,10H2,1-2H3,(H,19,23)(H,20,21,22). The lowest BCUT2D eigenvalue weighted by Gasteiger charge is -2.07. The number of carbonyl (C=O) groups is 2. The molecule has 126 valence electrons. The predicted molar refractivity (Wildman–Crippen MR) is 95.6 cm³/mol. The van der Waals surface area contributed by atoms with E-state index in [9.17, 15) is 9.59 Å². The fourth-order valence-electron chi connectivity index (χ4n) is 2.71. The minimum Gasteiger partial charge on any atom is -0.343 e. The molecule has 24 heavy (non-hydrogen) atoms. The van der Waals surface area contributed by atoms with E-state index < -0.39 is 0 Å². The summed E-state index contributed by atoms with van der Waals surface area (Å²) in [6.07, 6.45) is 4.39. The number of aromatic nitrogens is 1. The van der Waals surface area contributed by atoms with Gasteiger partial charge in [-0.25, -0.2) is 4.98 Å². The smallest absolute Gasteiger partial charge is 0.251 e. The van der Waals surface area contributed by atoms with Crippen LogP contribution < -0.4 is 10.6 Å². The van der Waals surface area contributed by atoms with Crippen LogP contribution in [0.3, 0.4) is 0 Å². The Kier molecular flexibility index (Phi) is 4.94. The molecule has 6 heteroatoms. The molecule has 1 aliphatic carbocycles. The normalized spacial score (nSPS) is 13.2. The molecule has 0 atom stereocenters. The van der Waals surface area contributed by atoms with Crippen molar-refractivity contribution >= 4 is 28.3 Å². The Labute approximate surface area is 145 Å². The Hall–Kier alpha value is -2.21. The number of hydrogen-bond donors (Lipinski definition) is 2. The van der Waals surface area contributed by atoms with Gasteiger partial charge in [0.05, 0.1) is 12.2 Å². The van der Waals surface area contributed by atoms with E-state index in [0.29, 0.717) is 10.7 Å². The minimum absolute atomic E-state index is 0.0595. The number of aryl methyl sites for hydroxylation is 4. The molecule has 0 saturated carbocycles. The van der Waals surface area contributed by atoms with Crippen molar-refractivity contribution in [1.82, 2.24) is 10.3 Å². The highest BCUT2D eigenvalue weighted by atomic mass is 32.1. The van der Waals surface area contributed by atoms with Gasteiger partial charge < -0.3 is 10.6 Å². The third-order valence-corrected chi connectivity index (χ3v) is 5.34. The van der Waals surface area contributed by atoms with Crippen LogP contribution >= 0.6 is 11.3 Å². The van der Waals surface area contributed by atoms with E-state index in [1.54, 1.807) is 17.4 Å². The molecule has 0 fully saturated rings. The number of amides is 2. The molecule has 2 amide bonds. The van der Waals surface area contributed by atoms with Gasteiger partial charge in [0, 0.05) is 10.4 Å². The van der Waals surface area contributed by atoms with Crippen LogP contribution in [-0.4, -0.2) is 23.3 Å². The Morgan fingerprint density at radius 1 is 1.17 bits per heavy atom. The number of benzene rings is 1. The number of fused-ring (bicyclic) bond motifs is 1. The molecule has 0 aliphatic heterocycles. The lowest BCUT2D eigenvalue weighted by atomic mass is 10.0. The second-order valence-electron chi connectivity index (χ2n) is 6.13. The summed E-state index contributed by atoms with van der Waals surface area (Å²) in [6.45, 7) is 3.90. The maximum atomic E-state index is 12.1. The zero-order valence-corrected chi connectivity index (χ0v) is 14.8. The first-order valence-electron chi connectivity index (χ1n) is 8.17. The Balaban J connectivity index is 1.54. The summed E-state index contributed by atoms with van der Waals surface area (Å²) in [7, 11) is 0. The van der Waals surface area contributed by atoms with E-state index in [-0.39, 0.29) is 18.4 Å². The van der Waals surface area contributed by atoms with Crippen LogP contribution in [0.25, 0.3) is 0 Å². The molecule has 2 N–H and O–H groups in total. The minimum atomic E-state index is -0.252. The summed E-state index contributed by atoms with van der Waals surface area (Å²) in [5, 5.41) is 6.07. The van der Waals surface area contributed by atoms with E-state index in [2.05, 4.69) is 15.6 Å². The van der Waals surface area contributed by atoms with E-state index in [4.69, 9.17) is 0 Å². The molecular weight excluding hydrogens is 322 g/mol. The molecule has 0 radical (unpaired) electrons. The van der Waals surface area contributed by atoms with Gasteiger partial charge in [-0.2, -0.15) is 0 Å². The van der Waals surface area contributed by atoms with Crippen LogP contribution in [0.5, 0.6) is 0 Å². The molecule has 1 aliphatic rings. The van der Waals surface area contributed by atoms with Crippen molar-refractivity contribution in [1.29, 1.82) is 0 Å². The van der Waals surface area contributed by atoms with Crippen molar-refractivity contribution in [2.45, 2.75) is 39.5 Å². The lowest BCUT2D eigenvalue weighted by molar-refractivity contribution is -0.115. The Bertz CT molecular complexity index is 759. The van der Waals surface area contributed by atoms with Crippen LogP contribution in [-0.2, 0) is 17.6 Å². The topological polar surface area (TPSA) is 71.1 Å². The van der Waals surface area contributed by atoms with Crippen LogP contribution in [0.1, 0.15) is 44.9 Å². The fourth-order valence-corrected chi connectivity index (χ4v) is 3.78. The van der Waals surface area contributed by atoms with E-state index >= 15 is 0 Å². The Morgan fingerprint density at radius 2 is 1.96 bits per heavy atom. The number of carbonyl (C=O) groups excluding carboxylic acids is 2. The third-order valence-electron chi connectivity index (χ3n) is 4.27. The molecule has 3 rings (SSSR count). The molecule has 1 heterocycles. The zero-order valence-electron chi connectivity index (χ0n) is 13.9. The number of hydrogen-bond acceptors (Lipinski definition) is 4. The zero-order chi connectivity index (χ0) is 17.1. The van der Waals surface area contributed by atoms with Crippen molar-refractivity contribution < 1.29 is 9.59 Å². The maximum absolute atomic E-state index is 12.1. The van der Waals surface area contributed by atoms with Gasteiger partial charge >= 0.3 is 0 Å². The third kappa shape index (κ3) is 3.82. The highest BCUT2D eigenvalue weighted by Crippen LogP contribution is 2.29. The quantitative estimate of drug-likeness (QED) is 0.896. The van der Waals surface area contributed by atoms with E-state index in [1.165, 1.54) is 11.3 Å². The van der Waals surface area contributed by atoms with Gasteiger partial charge in [-0.15, -0.1) is 11.3 Å². The summed E-state index contributed by atoms with van der Waals surface area (Å²) in [5.41, 5.74) is 3.87. The number of thiazole rings is 1. The average Bonchev–Trinajstić information content (AvgIpc) is 2.97. The fraction of sp³-hybridized carbons (Fsp3) is 0.389. The van der Waals surface area contributed by atoms with Crippen molar-refractivity contribution in [2.24, 2.45) is 0 Å². The molecule has 0 bridgehead atoms. The van der Waals surface area contributed by atoms with Crippen LogP contribution in [0.4, 0.5) is 5.13 Å². The van der Waals surface area contributed by atoms with Crippen LogP contribution in [0, 0.1) is 13.8 Å². The lowest BCUT2D eigenvalue weighted by Crippen LogP contribution is -2.32. The summed E-state index contributed by atoms with van der Waals surface area (Å²) >= 11 is 1.54. The number of rotatable bonds is 4. The van der Waals surface area contributed by atoms with E-state index in [0.717, 1.165) is 36.1 Å². The average molecular weight is 343 g/mol. The monoisotopic (exact) mass is 343 g/mol. The molecule has 0 unspecified atom stereocenters. The van der Waals surface area contributed by atoms with Crippen LogP contribution in [0.15, 0.2) is 18.2 Å². The highest BCUT2D eigenvalue weighted by molar-refractivity contribution is 7.15. The summed E-state index contributed by atoms with van der Waals surface area (Å²) in [4.78, 5) is 29.9. The van der Waals surface area contributed by atoms with Gasteiger partial charge in [0.1, 0.15) is 0 Å². The molecule has 1 aromatic heterocycles. The van der Waals surface area contributed by atoms with Gasteiger partial charge in [0.2, 0.25) is 5.91 Å². The van der Waals surface area contributed by atoms with E-state index in [1.807, 2.05) is 26.0 Å². The molecule has 0 spiro atoms. The summed E-state index contributed by atoms with van der Waals surface area (Å²) in [5.74, 6) is -0.495. The molecule has 0 saturated heterocycles. The molecule has 5 nitrogen and oxygen atoms in total. The first kappa shape index (κ1) is 16.6. The number of nitrogens with zero attached hydrogens (tertiary/aromatic N) is 1. The number of nitrogens with one attached hydrogen (secondary N) is 2.